The summed E-state index contributed by atoms with van der Waals surface area (Å²) in [7, 11) is 0. The summed E-state index contributed by atoms with van der Waals surface area (Å²) in [6.45, 7) is 9.83. The molecule has 2 rings (SSSR count). The summed E-state index contributed by atoms with van der Waals surface area (Å²) in [4.78, 5) is 17.8. The van der Waals surface area contributed by atoms with E-state index < -0.39 is 11.8 Å². The van der Waals surface area contributed by atoms with Gasteiger partial charge in [0, 0.05) is 5.41 Å². The van der Waals surface area contributed by atoms with Crippen LogP contribution < -0.4 is 10.9 Å². The van der Waals surface area contributed by atoms with Crippen molar-refractivity contribution in [2.24, 2.45) is 10.5 Å². The first-order valence-electron chi connectivity index (χ1n) is 7.72. The molecule has 0 aromatic heterocycles. The summed E-state index contributed by atoms with van der Waals surface area (Å²) in [6.07, 6.45) is 1.69. The molecule has 1 aromatic rings. The van der Waals surface area contributed by atoms with Crippen LogP contribution in [0.25, 0.3) is 0 Å². The molecule has 0 spiro atoms. The van der Waals surface area contributed by atoms with Crippen LogP contribution in [0.3, 0.4) is 0 Å². The highest BCUT2D eigenvalue weighted by molar-refractivity contribution is 6.48. The molecule has 1 unspecified atom stereocenters. The number of rotatable bonds is 4. The molecule has 1 aliphatic rings. The van der Waals surface area contributed by atoms with Crippen LogP contribution in [0.1, 0.15) is 31.9 Å². The van der Waals surface area contributed by atoms with E-state index in [2.05, 4.69) is 16.0 Å². The zero-order valence-electron chi connectivity index (χ0n) is 14.6. The van der Waals surface area contributed by atoms with Gasteiger partial charge in [-0.2, -0.15) is 10.4 Å². The van der Waals surface area contributed by atoms with E-state index in [-0.39, 0.29) is 11.1 Å². The largest absolute Gasteiger partial charge is 0.412 e. The molecule has 24 heavy (non-hydrogen) atoms. The molecule has 0 bridgehead atoms. The van der Waals surface area contributed by atoms with Crippen molar-refractivity contribution in [3.8, 4) is 6.07 Å². The zero-order chi connectivity index (χ0) is 17.9. The van der Waals surface area contributed by atoms with Crippen molar-refractivity contribution >= 4 is 17.2 Å². The highest BCUT2D eigenvalue weighted by Gasteiger charge is 2.32. The minimum atomic E-state index is -0.710. The van der Waals surface area contributed by atoms with Crippen molar-refractivity contribution in [2.75, 3.05) is 5.43 Å². The third kappa shape index (κ3) is 4.00. The number of allylic oxidation sites excluding steroid dienone is 1. The number of nitrogens with one attached hydrogen (secondary N) is 2. The van der Waals surface area contributed by atoms with Gasteiger partial charge in [-0.05, 0) is 37.1 Å². The Morgan fingerprint density at radius 3 is 2.67 bits per heavy atom. The number of carbonyl (C=O) groups excluding carboxylic acids is 1. The number of Topliss-reactive ketones (excluding diaryl/α,β-unsaturated/α-hetero) is 1. The van der Waals surface area contributed by atoms with Crippen LogP contribution in [0.5, 0.6) is 0 Å². The zero-order valence-corrected chi connectivity index (χ0v) is 14.6. The minimum absolute atomic E-state index is 0.205. The lowest BCUT2D eigenvalue weighted by Crippen LogP contribution is -2.35. The summed E-state index contributed by atoms with van der Waals surface area (Å²) in [5.41, 5.74) is 7.83. The maximum absolute atomic E-state index is 12.4. The van der Waals surface area contributed by atoms with Crippen LogP contribution in [-0.2, 0) is 9.63 Å². The molecule has 0 amide bonds. The van der Waals surface area contributed by atoms with Gasteiger partial charge in [-0.25, -0.2) is 0 Å². The van der Waals surface area contributed by atoms with Crippen molar-refractivity contribution in [3.05, 3.63) is 41.2 Å². The van der Waals surface area contributed by atoms with Crippen molar-refractivity contribution < 1.29 is 9.63 Å². The number of aryl methyl sites for hydroxylation is 2. The fourth-order valence-corrected chi connectivity index (χ4v) is 2.13. The Hall–Kier alpha value is -2.65. The number of ketones is 1. The monoisotopic (exact) mass is 326 g/mol. The Morgan fingerprint density at radius 1 is 1.38 bits per heavy atom. The first kappa shape index (κ1) is 17.7. The molecule has 0 saturated carbocycles. The number of nitriles is 1. The fourth-order valence-electron chi connectivity index (χ4n) is 2.13. The Labute approximate surface area is 142 Å². The van der Waals surface area contributed by atoms with Gasteiger partial charge in [0.25, 0.3) is 0 Å². The second-order valence-corrected chi connectivity index (χ2v) is 6.85. The van der Waals surface area contributed by atoms with Gasteiger partial charge >= 0.3 is 0 Å². The molecule has 1 aliphatic heterocycles. The lowest BCUT2D eigenvalue weighted by atomic mass is 9.92. The SMILES string of the molecule is Cc1ccc(C)c(N/N=C(\C#N)C(=O)C2C=C(C(C)(C)C)ON2)c1. The summed E-state index contributed by atoms with van der Waals surface area (Å²) in [6, 6.07) is 6.98. The van der Waals surface area contributed by atoms with Crippen molar-refractivity contribution in [1.29, 1.82) is 5.26 Å². The van der Waals surface area contributed by atoms with Gasteiger partial charge in [-0.15, -0.1) is 5.48 Å². The summed E-state index contributed by atoms with van der Waals surface area (Å²) in [5.74, 6) is 0.232. The second kappa shape index (κ2) is 6.85. The second-order valence-electron chi connectivity index (χ2n) is 6.85. The number of benzene rings is 1. The van der Waals surface area contributed by atoms with Crippen molar-refractivity contribution in [1.82, 2.24) is 5.48 Å². The van der Waals surface area contributed by atoms with Crippen LogP contribution in [0.4, 0.5) is 5.69 Å². The summed E-state index contributed by atoms with van der Waals surface area (Å²) >= 11 is 0. The number of hydrogen-bond donors (Lipinski definition) is 2. The van der Waals surface area contributed by atoms with E-state index >= 15 is 0 Å². The molecular weight excluding hydrogens is 304 g/mol. The van der Waals surface area contributed by atoms with E-state index in [4.69, 9.17) is 4.84 Å². The standard InChI is InChI=1S/C18H22N4O2/c1-11-6-7-12(2)13(8-11)20-21-15(10-19)17(23)14-9-16(24-22-14)18(3,4)5/h6-9,14,20,22H,1-5H3/b21-15+. The van der Waals surface area contributed by atoms with Gasteiger partial charge in [0.05, 0.1) is 5.69 Å². The van der Waals surface area contributed by atoms with E-state index in [0.29, 0.717) is 5.76 Å². The van der Waals surface area contributed by atoms with Crippen molar-refractivity contribution in [2.45, 2.75) is 40.7 Å². The van der Waals surface area contributed by atoms with Crippen molar-refractivity contribution in [3.63, 3.8) is 0 Å². The number of carbonyl (C=O) groups is 1. The van der Waals surface area contributed by atoms with Crippen LogP contribution in [0.2, 0.25) is 0 Å². The average Bonchev–Trinajstić information content (AvgIpc) is 3.01. The lowest BCUT2D eigenvalue weighted by Gasteiger charge is -2.17. The quantitative estimate of drug-likeness (QED) is 0.656. The molecule has 0 aliphatic carbocycles. The minimum Gasteiger partial charge on any atom is -0.412 e. The maximum Gasteiger partial charge on any atom is 0.217 e. The summed E-state index contributed by atoms with van der Waals surface area (Å²) < 4.78 is 0. The Morgan fingerprint density at radius 2 is 2.08 bits per heavy atom. The number of hydroxylamine groups is 1. The molecule has 6 heteroatoms. The predicted molar refractivity (Wildman–Crippen MR) is 93.1 cm³/mol. The Bertz CT molecular complexity index is 751. The van der Waals surface area contributed by atoms with Gasteiger partial charge in [0.2, 0.25) is 11.5 Å². The Balaban J connectivity index is 2.17. The van der Waals surface area contributed by atoms with E-state index in [1.165, 1.54) is 0 Å². The fraction of sp³-hybridized carbons (Fsp3) is 0.389. The molecule has 1 atom stereocenters. The van der Waals surface area contributed by atoms with E-state index in [9.17, 15) is 10.1 Å². The third-order valence-electron chi connectivity index (χ3n) is 3.66. The smallest absolute Gasteiger partial charge is 0.217 e. The molecule has 6 nitrogen and oxygen atoms in total. The molecular formula is C18H22N4O2. The molecule has 126 valence electrons. The van der Waals surface area contributed by atoms with Crippen LogP contribution >= 0.6 is 0 Å². The molecule has 1 heterocycles. The van der Waals surface area contributed by atoms with E-state index in [1.54, 1.807) is 6.08 Å². The normalized spacial score (nSPS) is 17.8. The molecule has 0 radical (unpaired) electrons. The van der Waals surface area contributed by atoms with Gasteiger partial charge in [-0.3, -0.25) is 10.2 Å². The van der Waals surface area contributed by atoms with Gasteiger partial charge in [0.1, 0.15) is 17.9 Å². The van der Waals surface area contributed by atoms with Gasteiger partial charge in [-0.1, -0.05) is 32.9 Å². The maximum atomic E-state index is 12.4. The Kier molecular flexibility index (Phi) is 5.05. The summed E-state index contributed by atoms with van der Waals surface area (Å²) in [5, 5.41) is 13.2. The predicted octanol–water partition coefficient (Wildman–Crippen LogP) is 3.00. The molecule has 2 N–H and O–H groups in total. The van der Waals surface area contributed by atoms with Crippen LogP contribution in [0, 0.1) is 30.6 Å². The van der Waals surface area contributed by atoms with Gasteiger partial charge in [0.15, 0.2) is 0 Å². The topological polar surface area (TPSA) is 86.5 Å². The first-order chi connectivity index (χ1) is 11.2. The van der Waals surface area contributed by atoms with Crippen LogP contribution in [-0.4, -0.2) is 17.5 Å². The van der Waals surface area contributed by atoms with Gasteiger partial charge < -0.3 is 4.84 Å². The third-order valence-corrected chi connectivity index (χ3v) is 3.66. The number of hydrogen-bond acceptors (Lipinski definition) is 6. The molecule has 0 fully saturated rings. The number of anilines is 1. The highest BCUT2D eigenvalue weighted by atomic mass is 16.7. The number of nitrogens with zero attached hydrogens (tertiary/aromatic N) is 2. The van der Waals surface area contributed by atoms with E-state index in [0.717, 1.165) is 16.8 Å². The van der Waals surface area contributed by atoms with Crippen LogP contribution in [0.15, 0.2) is 35.1 Å². The average molecular weight is 326 g/mol. The lowest BCUT2D eigenvalue weighted by molar-refractivity contribution is -0.115. The first-order valence-corrected chi connectivity index (χ1v) is 7.72. The molecule has 0 saturated heterocycles. The number of hydrazone groups is 1. The highest BCUT2D eigenvalue weighted by Crippen LogP contribution is 2.28. The van der Waals surface area contributed by atoms with E-state index in [1.807, 2.05) is 58.9 Å². The molecule has 1 aromatic carbocycles.